The fourth-order valence-electron chi connectivity index (χ4n) is 1.52. The first-order valence-electron chi connectivity index (χ1n) is 5.54. The van der Waals surface area contributed by atoms with Crippen molar-refractivity contribution in [3.63, 3.8) is 0 Å². The number of benzene rings is 2. The Hall–Kier alpha value is -1.39. The third-order valence-electron chi connectivity index (χ3n) is 2.55. The van der Waals surface area contributed by atoms with Crippen LogP contribution in [0, 0.1) is 5.82 Å². The summed E-state index contributed by atoms with van der Waals surface area (Å²) in [7, 11) is 0. The summed E-state index contributed by atoms with van der Waals surface area (Å²) in [5.41, 5.74) is 1.35. The van der Waals surface area contributed by atoms with E-state index >= 15 is 0 Å². The molecule has 0 aliphatic heterocycles. The second kappa shape index (κ2) is 6.17. The highest BCUT2D eigenvalue weighted by Gasteiger charge is 2.07. The molecule has 2 aromatic carbocycles. The summed E-state index contributed by atoms with van der Waals surface area (Å²) in [6.07, 6.45) is 0. The minimum absolute atomic E-state index is 0.207. The van der Waals surface area contributed by atoms with E-state index in [4.69, 9.17) is 11.6 Å². The summed E-state index contributed by atoms with van der Waals surface area (Å²) in [6.45, 7) is 0.347. The summed E-state index contributed by atoms with van der Waals surface area (Å²) >= 11 is 9.12. The van der Waals surface area contributed by atoms with Gasteiger partial charge in [0.05, 0.1) is 5.02 Å². The van der Waals surface area contributed by atoms with E-state index in [9.17, 15) is 9.18 Å². The highest BCUT2D eigenvalue weighted by molar-refractivity contribution is 9.10. The van der Waals surface area contributed by atoms with Crippen LogP contribution in [0.5, 0.6) is 0 Å². The summed E-state index contributed by atoms with van der Waals surface area (Å²) in [5, 5.41) is 3.31. The Morgan fingerprint density at radius 2 is 1.89 bits per heavy atom. The molecular formula is C14H10BrClFNO. The molecule has 19 heavy (non-hydrogen) atoms. The molecule has 2 aromatic rings. The molecule has 2 rings (SSSR count). The van der Waals surface area contributed by atoms with Gasteiger partial charge < -0.3 is 5.32 Å². The van der Waals surface area contributed by atoms with Crippen molar-refractivity contribution in [2.75, 3.05) is 0 Å². The number of hydrogen-bond donors (Lipinski definition) is 1. The van der Waals surface area contributed by atoms with E-state index in [1.54, 1.807) is 30.3 Å². The number of halogens is 3. The van der Waals surface area contributed by atoms with Gasteiger partial charge in [-0.25, -0.2) is 4.39 Å². The monoisotopic (exact) mass is 341 g/mol. The number of amides is 1. The zero-order valence-electron chi connectivity index (χ0n) is 9.79. The predicted molar refractivity (Wildman–Crippen MR) is 76.7 cm³/mol. The van der Waals surface area contributed by atoms with Crippen LogP contribution >= 0.6 is 27.5 Å². The van der Waals surface area contributed by atoms with Crippen molar-refractivity contribution in [3.05, 3.63) is 68.9 Å². The first-order chi connectivity index (χ1) is 9.06. The van der Waals surface area contributed by atoms with E-state index in [0.717, 1.165) is 5.56 Å². The van der Waals surface area contributed by atoms with Crippen LogP contribution < -0.4 is 5.32 Å². The van der Waals surface area contributed by atoms with Crippen molar-refractivity contribution in [1.82, 2.24) is 5.32 Å². The van der Waals surface area contributed by atoms with Gasteiger partial charge in [-0.1, -0.05) is 23.7 Å². The van der Waals surface area contributed by atoms with Crippen LogP contribution in [0.3, 0.4) is 0 Å². The summed E-state index contributed by atoms with van der Waals surface area (Å²) < 4.78 is 13.4. The van der Waals surface area contributed by atoms with Crippen LogP contribution in [0.25, 0.3) is 0 Å². The second-order valence-corrected chi connectivity index (χ2v) is 5.20. The Kier molecular flexibility index (Phi) is 4.56. The Morgan fingerprint density at radius 1 is 1.21 bits per heavy atom. The molecule has 2 nitrogen and oxygen atoms in total. The van der Waals surface area contributed by atoms with Crippen LogP contribution in [-0.4, -0.2) is 5.91 Å². The van der Waals surface area contributed by atoms with Crippen molar-refractivity contribution >= 4 is 33.4 Å². The number of rotatable bonds is 3. The lowest BCUT2D eigenvalue weighted by Crippen LogP contribution is -2.22. The Labute approximate surface area is 123 Å². The molecule has 0 heterocycles. The molecule has 5 heteroatoms. The molecule has 0 spiro atoms. The largest absolute Gasteiger partial charge is 0.348 e. The van der Waals surface area contributed by atoms with Gasteiger partial charge in [0, 0.05) is 16.6 Å². The third kappa shape index (κ3) is 3.78. The molecule has 0 atom stereocenters. The van der Waals surface area contributed by atoms with Crippen molar-refractivity contribution < 1.29 is 9.18 Å². The lowest BCUT2D eigenvalue weighted by atomic mass is 10.2. The summed E-state index contributed by atoms with van der Waals surface area (Å²) in [4.78, 5) is 11.9. The molecule has 0 aliphatic rings. The molecule has 0 saturated heterocycles. The fraction of sp³-hybridized carbons (Fsp3) is 0.0714. The second-order valence-electron chi connectivity index (χ2n) is 3.94. The minimum atomic E-state index is -0.295. The molecule has 0 aromatic heterocycles. The van der Waals surface area contributed by atoms with Crippen molar-refractivity contribution in [2.24, 2.45) is 0 Å². The Morgan fingerprint density at radius 3 is 2.53 bits per heavy atom. The maximum Gasteiger partial charge on any atom is 0.251 e. The van der Waals surface area contributed by atoms with E-state index in [1.807, 2.05) is 0 Å². The van der Waals surface area contributed by atoms with Gasteiger partial charge in [-0.05, 0) is 51.8 Å². The predicted octanol–water partition coefficient (Wildman–Crippen LogP) is 4.17. The Balaban J connectivity index is 2.01. The van der Waals surface area contributed by atoms with Gasteiger partial charge in [0.1, 0.15) is 5.82 Å². The van der Waals surface area contributed by atoms with Crippen LogP contribution in [0.2, 0.25) is 5.02 Å². The topological polar surface area (TPSA) is 29.1 Å². The molecule has 1 amide bonds. The van der Waals surface area contributed by atoms with Crippen LogP contribution in [0.1, 0.15) is 15.9 Å². The van der Waals surface area contributed by atoms with E-state index in [1.165, 1.54) is 12.1 Å². The maximum absolute atomic E-state index is 12.7. The van der Waals surface area contributed by atoms with Gasteiger partial charge in [0.2, 0.25) is 0 Å². The molecule has 0 aliphatic carbocycles. The van der Waals surface area contributed by atoms with Gasteiger partial charge >= 0.3 is 0 Å². The highest BCUT2D eigenvalue weighted by atomic mass is 79.9. The first kappa shape index (κ1) is 14.0. The van der Waals surface area contributed by atoms with E-state index in [0.29, 0.717) is 21.6 Å². The van der Waals surface area contributed by atoms with Gasteiger partial charge in [0.25, 0.3) is 5.91 Å². The fourth-order valence-corrected chi connectivity index (χ4v) is 2.02. The number of nitrogens with one attached hydrogen (secondary N) is 1. The SMILES string of the molecule is O=C(NCc1ccc(F)cc1)c1ccc(Cl)c(Br)c1. The first-order valence-corrected chi connectivity index (χ1v) is 6.71. The lowest BCUT2D eigenvalue weighted by molar-refractivity contribution is 0.0951. The minimum Gasteiger partial charge on any atom is -0.348 e. The van der Waals surface area contributed by atoms with Gasteiger partial charge in [-0.3, -0.25) is 4.79 Å². The zero-order chi connectivity index (χ0) is 13.8. The molecule has 0 radical (unpaired) electrons. The molecule has 0 unspecified atom stereocenters. The number of hydrogen-bond acceptors (Lipinski definition) is 1. The zero-order valence-corrected chi connectivity index (χ0v) is 12.1. The van der Waals surface area contributed by atoms with Crippen molar-refractivity contribution in [3.8, 4) is 0 Å². The van der Waals surface area contributed by atoms with E-state index < -0.39 is 0 Å². The standard InChI is InChI=1S/C14H10BrClFNO/c15-12-7-10(3-6-13(12)16)14(19)18-8-9-1-4-11(17)5-2-9/h1-7H,8H2,(H,18,19). The highest BCUT2D eigenvalue weighted by Crippen LogP contribution is 2.23. The molecule has 0 saturated carbocycles. The molecule has 0 fully saturated rings. The number of carbonyl (C=O) groups is 1. The van der Waals surface area contributed by atoms with Crippen LogP contribution in [-0.2, 0) is 6.54 Å². The molecular weight excluding hydrogens is 333 g/mol. The smallest absolute Gasteiger partial charge is 0.251 e. The molecule has 98 valence electrons. The quantitative estimate of drug-likeness (QED) is 0.891. The van der Waals surface area contributed by atoms with Gasteiger partial charge in [-0.15, -0.1) is 0 Å². The van der Waals surface area contributed by atoms with Gasteiger partial charge in [0.15, 0.2) is 0 Å². The maximum atomic E-state index is 12.7. The van der Waals surface area contributed by atoms with Crippen LogP contribution in [0.15, 0.2) is 46.9 Å². The average Bonchev–Trinajstić information content (AvgIpc) is 2.41. The van der Waals surface area contributed by atoms with Gasteiger partial charge in [-0.2, -0.15) is 0 Å². The normalized spacial score (nSPS) is 10.3. The summed E-state index contributed by atoms with van der Waals surface area (Å²) in [5.74, 6) is -0.501. The third-order valence-corrected chi connectivity index (χ3v) is 3.76. The van der Waals surface area contributed by atoms with Crippen molar-refractivity contribution in [1.29, 1.82) is 0 Å². The van der Waals surface area contributed by atoms with E-state index in [-0.39, 0.29) is 11.7 Å². The average molecular weight is 343 g/mol. The molecule has 1 N–H and O–H groups in total. The molecule has 0 bridgehead atoms. The Bertz CT molecular complexity index is 601. The lowest BCUT2D eigenvalue weighted by Gasteiger charge is -2.06. The van der Waals surface area contributed by atoms with Crippen LogP contribution in [0.4, 0.5) is 4.39 Å². The van der Waals surface area contributed by atoms with E-state index in [2.05, 4.69) is 21.2 Å². The number of carbonyl (C=O) groups excluding carboxylic acids is 1. The van der Waals surface area contributed by atoms with Crippen molar-refractivity contribution in [2.45, 2.75) is 6.54 Å². The summed E-state index contributed by atoms with van der Waals surface area (Å²) in [6, 6.07) is 10.9.